The maximum absolute atomic E-state index is 5.90. The molecule has 0 unspecified atom stereocenters. The Kier molecular flexibility index (Phi) is 9.69. The number of fused-ring (bicyclic) bond motifs is 1. The Morgan fingerprint density at radius 3 is 2.79 bits per heavy atom. The van der Waals surface area contributed by atoms with Gasteiger partial charge in [0.05, 0.1) is 13.2 Å². The smallest absolute Gasteiger partial charge is 0.191 e. The Balaban J connectivity index is 0.00000300. The second-order valence-corrected chi connectivity index (χ2v) is 7.23. The lowest BCUT2D eigenvalue weighted by molar-refractivity contribution is 0.313. The Labute approximate surface area is 190 Å². The third-order valence-corrected chi connectivity index (χ3v) is 4.95. The first-order valence-electron chi connectivity index (χ1n) is 10.3. The van der Waals surface area contributed by atoms with Crippen molar-refractivity contribution in [3.05, 3.63) is 41.0 Å². The van der Waals surface area contributed by atoms with Gasteiger partial charge in [0.1, 0.15) is 11.6 Å². The number of benzene rings is 1. The van der Waals surface area contributed by atoms with Gasteiger partial charge in [0.25, 0.3) is 0 Å². The lowest BCUT2D eigenvalue weighted by Crippen LogP contribution is -2.37. The summed E-state index contributed by atoms with van der Waals surface area (Å²) >= 11 is 0. The van der Waals surface area contributed by atoms with E-state index in [2.05, 4.69) is 62.4 Å². The summed E-state index contributed by atoms with van der Waals surface area (Å²) in [4.78, 5) is 4.34. The summed E-state index contributed by atoms with van der Waals surface area (Å²) in [6.45, 7) is 7.19. The van der Waals surface area contributed by atoms with Crippen molar-refractivity contribution in [2.75, 3.05) is 13.7 Å². The number of rotatable bonds is 7. The van der Waals surface area contributed by atoms with Gasteiger partial charge in [0, 0.05) is 32.1 Å². The highest BCUT2D eigenvalue weighted by Crippen LogP contribution is 2.20. The number of aryl methyl sites for hydroxylation is 2. The first kappa shape index (κ1) is 23.4. The molecule has 0 radical (unpaired) electrons. The van der Waals surface area contributed by atoms with E-state index in [9.17, 15) is 0 Å². The number of guanidine groups is 1. The molecular formula is C21H33IN6O. The monoisotopic (exact) mass is 512 g/mol. The summed E-state index contributed by atoms with van der Waals surface area (Å²) in [6.07, 6.45) is 5.67. The third-order valence-electron chi connectivity index (χ3n) is 4.95. The molecule has 0 fully saturated rings. The van der Waals surface area contributed by atoms with Crippen molar-refractivity contribution in [3.8, 4) is 5.75 Å². The lowest BCUT2D eigenvalue weighted by atomic mass is 10.1. The van der Waals surface area contributed by atoms with Crippen molar-refractivity contribution in [2.45, 2.75) is 65.6 Å². The normalized spacial score (nSPS) is 13.8. The summed E-state index contributed by atoms with van der Waals surface area (Å²) in [7, 11) is 1.78. The van der Waals surface area contributed by atoms with E-state index in [4.69, 9.17) is 4.74 Å². The van der Waals surface area contributed by atoms with Crippen LogP contribution in [0.5, 0.6) is 5.75 Å². The van der Waals surface area contributed by atoms with E-state index in [-0.39, 0.29) is 24.0 Å². The zero-order valence-electron chi connectivity index (χ0n) is 17.7. The van der Waals surface area contributed by atoms with E-state index in [1.165, 1.54) is 24.8 Å². The lowest BCUT2D eigenvalue weighted by Gasteiger charge is -2.15. The minimum atomic E-state index is 0. The molecule has 7 nitrogen and oxygen atoms in total. The van der Waals surface area contributed by atoms with Crippen LogP contribution in [0.15, 0.2) is 23.2 Å². The van der Waals surface area contributed by atoms with Crippen LogP contribution in [-0.2, 0) is 26.1 Å². The van der Waals surface area contributed by atoms with Crippen LogP contribution in [0.2, 0.25) is 0 Å². The van der Waals surface area contributed by atoms with Crippen LogP contribution in [0, 0.1) is 6.92 Å². The highest BCUT2D eigenvalue weighted by molar-refractivity contribution is 14.0. The van der Waals surface area contributed by atoms with Crippen LogP contribution in [0.3, 0.4) is 0 Å². The quantitative estimate of drug-likeness (QED) is 0.337. The molecule has 0 spiro atoms. The van der Waals surface area contributed by atoms with Gasteiger partial charge in [-0.1, -0.05) is 25.5 Å². The Morgan fingerprint density at radius 2 is 2.00 bits per heavy atom. The van der Waals surface area contributed by atoms with E-state index in [0.717, 1.165) is 54.9 Å². The van der Waals surface area contributed by atoms with Gasteiger partial charge in [0.2, 0.25) is 0 Å². The van der Waals surface area contributed by atoms with E-state index in [0.29, 0.717) is 13.1 Å². The first-order chi connectivity index (χ1) is 13.7. The van der Waals surface area contributed by atoms with Crippen molar-refractivity contribution >= 4 is 29.9 Å². The van der Waals surface area contributed by atoms with Gasteiger partial charge in [-0.25, -0.2) is 0 Å². The zero-order valence-corrected chi connectivity index (χ0v) is 20.0. The predicted molar refractivity (Wildman–Crippen MR) is 127 cm³/mol. The highest BCUT2D eigenvalue weighted by atomic mass is 127. The molecule has 1 aliphatic heterocycles. The molecule has 0 aliphatic carbocycles. The zero-order chi connectivity index (χ0) is 19.8. The number of aliphatic imine (C=N–C) groups is 1. The van der Waals surface area contributed by atoms with Crippen LogP contribution < -0.4 is 15.4 Å². The van der Waals surface area contributed by atoms with Gasteiger partial charge in [0.15, 0.2) is 11.8 Å². The third kappa shape index (κ3) is 6.58. The summed E-state index contributed by atoms with van der Waals surface area (Å²) in [5, 5.41) is 15.5. The number of ether oxygens (including phenoxy) is 1. The summed E-state index contributed by atoms with van der Waals surface area (Å²) in [5.41, 5.74) is 2.32. The largest absolute Gasteiger partial charge is 0.493 e. The Hall–Kier alpha value is -1.84. The first-order valence-corrected chi connectivity index (χ1v) is 10.3. The molecule has 1 aromatic heterocycles. The summed E-state index contributed by atoms with van der Waals surface area (Å²) in [6, 6.07) is 6.31. The SMILES string of the molecule is CCCOc1cc(C)ccc1CNC(=NC)NCc1nnc2n1CCCCC2.I. The van der Waals surface area contributed by atoms with Gasteiger partial charge in [-0.05, 0) is 37.8 Å². The summed E-state index contributed by atoms with van der Waals surface area (Å²) < 4.78 is 8.16. The van der Waals surface area contributed by atoms with E-state index < -0.39 is 0 Å². The molecule has 29 heavy (non-hydrogen) atoms. The maximum Gasteiger partial charge on any atom is 0.191 e. The standard InChI is InChI=1S/C21H32N6O.HI/c1-4-12-28-18-13-16(2)9-10-17(18)14-23-21(22-3)24-15-20-26-25-19-8-6-5-7-11-27(19)20;/h9-10,13H,4-8,11-12,14-15H2,1-3H3,(H2,22,23,24);1H. The Morgan fingerprint density at radius 1 is 1.17 bits per heavy atom. The van der Waals surface area contributed by atoms with Gasteiger partial charge in [-0.2, -0.15) is 0 Å². The molecule has 0 bridgehead atoms. The fourth-order valence-corrected chi connectivity index (χ4v) is 3.39. The minimum Gasteiger partial charge on any atom is -0.493 e. The molecule has 0 saturated heterocycles. The van der Waals surface area contributed by atoms with Crippen molar-refractivity contribution in [3.63, 3.8) is 0 Å². The minimum absolute atomic E-state index is 0. The molecule has 2 heterocycles. The maximum atomic E-state index is 5.90. The van der Waals surface area contributed by atoms with Crippen molar-refractivity contribution in [2.24, 2.45) is 4.99 Å². The second-order valence-electron chi connectivity index (χ2n) is 7.23. The molecule has 0 saturated carbocycles. The van der Waals surface area contributed by atoms with Gasteiger partial charge >= 0.3 is 0 Å². The highest BCUT2D eigenvalue weighted by Gasteiger charge is 2.14. The second kappa shape index (κ2) is 12.0. The topological polar surface area (TPSA) is 76.4 Å². The summed E-state index contributed by atoms with van der Waals surface area (Å²) in [5.74, 6) is 3.76. The van der Waals surface area contributed by atoms with E-state index in [1.807, 2.05) is 0 Å². The van der Waals surface area contributed by atoms with Crippen LogP contribution in [0.4, 0.5) is 0 Å². The molecule has 2 aromatic rings. The molecule has 160 valence electrons. The van der Waals surface area contributed by atoms with Crippen molar-refractivity contribution in [1.82, 2.24) is 25.4 Å². The fraction of sp³-hybridized carbons (Fsp3) is 0.571. The number of aromatic nitrogens is 3. The number of hydrogen-bond acceptors (Lipinski definition) is 4. The molecule has 2 N–H and O–H groups in total. The molecule has 8 heteroatoms. The van der Waals surface area contributed by atoms with Crippen LogP contribution in [-0.4, -0.2) is 34.4 Å². The number of nitrogens with one attached hydrogen (secondary N) is 2. The Bertz CT molecular complexity index is 804. The van der Waals surface area contributed by atoms with Crippen LogP contribution in [0.25, 0.3) is 0 Å². The van der Waals surface area contributed by atoms with Gasteiger partial charge < -0.3 is 19.9 Å². The van der Waals surface area contributed by atoms with E-state index in [1.54, 1.807) is 7.05 Å². The molecule has 3 rings (SSSR count). The molecule has 0 amide bonds. The van der Waals surface area contributed by atoms with Gasteiger partial charge in [-0.3, -0.25) is 4.99 Å². The number of nitrogens with zero attached hydrogens (tertiary/aromatic N) is 4. The average Bonchev–Trinajstić information content (AvgIpc) is 2.93. The van der Waals surface area contributed by atoms with Crippen molar-refractivity contribution < 1.29 is 4.74 Å². The molecule has 1 aliphatic rings. The fourth-order valence-electron chi connectivity index (χ4n) is 3.39. The number of hydrogen-bond donors (Lipinski definition) is 2. The van der Waals surface area contributed by atoms with Gasteiger partial charge in [-0.15, -0.1) is 34.2 Å². The molecule has 0 atom stereocenters. The van der Waals surface area contributed by atoms with Crippen molar-refractivity contribution in [1.29, 1.82) is 0 Å². The van der Waals surface area contributed by atoms with E-state index >= 15 is 0 Å². The molecular weight excluding hydrogens is 479 g/mol. The number of halogens is 1. The van der Waals surface area contributed by atoms with Crippen LogP contribution in [0.1, 0.15) is 55.4 Å². The molecule has 1 aromatic carbocycles. The predicted octanol–water partition coefficient (Wildman–Crippen LogP) is 3.58. The van der Waals surface area contributed by atoms with Crippen LogP contribution >= 0.6 is 24.0 Å². The average molecular weight is 512 g/mol.